The zero-order chi connectivity index (χ0) is 25.2. The third-order valence-corrected chi connectivity index (χ3v) is 6.05. The highest BCUT2D eigenvalue weighted by atomic mass is 16.5. The van der Waals surface area contributed by atoms with Crippen molar-refractivity contribution >= 4 is 22.8 Å². The van der Waals surface area contributed by atoms with Crippen molar-refractivity contribution in [2.24, 2.45) is 0 Å². The molecule has 0 saturated carbocycles. The summed E-state index contributed by atoms with van der Waals surface area (Å²) in [5.74, 6) is 0.764. The molecule has 35 heavy (non-hydrogen) atoms. The highest BCUT2D eigenvalue weighted by Crippen LogP contribution is 2.19. The molecular formula is C28H38N4O3. The molecule has 0 atom stereocenters. The number of nitrogens with zero attached hydrogens (tertiary/aromatic N) is 3. The van der Waals surface area contributed by atoms with Crippen LogP contribution >= 0.6 is 0 Å². The van der Waals surface area contributed by atoms with E-state index in [4.69, 9.17) is 4.74 Å². The topological polar surface area (TPSA) is 68.9 Å². The molecule has 3 amide bonds. The van der Waals surface area contributed by atoms with Gasteiger partial charge in [-0.05, 0) is 49.1 Å². The number of ether oxygens (including phenoxy) is 1. The van der Waals surface area contributed by atoms with Gasteiger partial charge in [-0.25, -0.2) is 4.79 Å². The zero-order valence-electron chi connectivity index (χ0n) is 21.4. The molecule has 1 heterocycles. The number of fused-ring (bicyclic) bond motifs is 1. The molecule has 0 aliphatic carbocycles. The van der Waals surface area contributed by atoms with Crippen LogP contribution < -0.4 is 4.74 Å². The van der Waals surface area contributed by atoms with Crippen LogP contribution in [0.3, 0.4) is 0 Å². The Morgan fingerprint density at radius 1 is 0.943 bits per heavy atom. The number of carbonyl (C=O) groups is 2. The Hall–Kier alpha value is -3.48. The van der Waals surface area contributed by atoms with Crippen LogP contribution in [0.4, 0.5) is 4.79 Å². The van der Waals surface area contributed by atoms with Gasteiger partial charge in [-0.15, -0.1) is 0 Å². The number of amides is 3. The maximum absolute atomic E-state index is 13.5. The molecule has 0 fully saturated rings. The van der Waals surface area contributed by atoms with Crippen LogP contribution in [0.5, 0.6) is 5.75 Å². The molecule has 2 aromatic carbocycles. The van der Waals surface area contributed by atoms with Gasteiger partial charge in [-0.3, -0.25) is 4.79 Å². The number of para-hydroxylation sites is 1. The van der Waals surface area contributed by atoms with Gasteiger partial charge >= 0.3 is 6.03 Å². The minimum Gasteiger partial charge on any atom is -0.494 e. The SMILES string of the molecule is CCCCN(CC(=O)N(CCc1c[nH]c2ccccc12)Cc1ccc(OCC)cc1)C(=O)N(C)C. The third-order valence-electron chi connectivity index (χ3n) is 6.05. The van der Waals surface area contributed by atoms with E-state index in [0.29, 0.717) is 26.2 Å². The molecule has 1 N–H and O–H groups in total. The Labute approximate surface area is 208 Å². The molecule has 1 aromatic heterocycles. The molecule has 0 spiro atoms. The van der Waals surface area contributed by atoms with Gasteiger partial charge in [0.05, 0.1) is 6.61 Å². The Morgan fingerprint density at radius 2 is 1.69 bits per heavy atom. The number of H-pyrrole nitrogens is 1. The van der Waals surface area contributed by atoms with E-state index >= 15 is 0 Å². The van der Waals surface area contributed by atoms with Gasteiger partial charge in [0.25, 0.3) is 0 Å². The van der Waals surface area contributed by atoms with Crippen molar-refractivity contribution in [3.05, 3.63) is 65.9 Å². The predicted molar refractivity (Wildman–Crippen MR) is 141 cm³/mol. The van der Waals surface area contributed by atoms with E-state index in [1.54, 1.807) is 19.0 Å². The molecule has 0 unspecified atom stereocenters. The summed E-state index contributed by atoms with van der Waals surface area (Å²) >= 11 is 0. The van der Waals surface area contributed by atoms with Crippen molar-refractivity contribution in [2.75, 3.05) is 40.3 Å². The van der Waals surface area contributed by atoms with E-state index in [0.717, 1.165) is 36.1 Å². The van der Waals surface area contributed by atoms with Gasteiger partial charge in [0.1, 0.15) is 12.3 Å². The minimum absolute atomic E-state index is 0.0509. The predicted octanol–water partition coefficient (Wildman–Crippen LogP) is 4.92. The largest absolute Gasteiger partial charge is 0.494 e. The fourth-order valence-corrected chi connectivity index (χ4v) is 4.10. The number of unbranched alkanes of at least 4 members (excludes halogenated alkanes) is 1. The van der Waals surface area contributed by atoms with Crippen molar-refractivity contribution in [3.8, 4) is 5.75 Å². The normalized spacial score (nSPS) is 10.9. The van der Waals surface area contributed by atoms with Crippen LogP contribution in [-0.4, -0.2) is 72.0 Å². The number of hydrogen-bond donors (Lipinski definition) is 1. The van der Waals surface area contributed by atoms with Gasteiger partial charge in [0.15, 0.2) is 0 Å². The maximum atomic E-state index is 13.5. The van der Waals surface area contributed by atoms with Crippen molar-refractivity contribution in [1.29, 1.82) is 0 Å². The number of benzene rings is 2. The Bertz CT molecular complexity index is 1090. The van der Waals surface area contributed by atoms with E-state index < -0.39 is 0 Å². The molecule has 7 nitrogen and oxygen atoms in total. The number of nitrogens with one attached hydrogen (secondary N) is 1. The second kappa shape index (κ2) is 12.8. The molecular weight excluding hydrogens is 440 g/mol. The number of aromatic nitrogens is 1. The third kappa shape index (κ3) is 7.25. The van der Waals surface area contributed by atoms with Crippen molar-refractivity contribution in [1.82, 2.24) is 19.7 Å². The summed E-state index contributed by atoms with van der Waals surface area (Å²) < 4.78 is 5.56. The summed E-state index contributed by atoms with van der Waals surface area (Å²) in [5.41, 5.74) is 3.30. The summed E-state index contributed by atoms with van der Waals surface area (Å²) in [6, 6.07) is 15.9. The number of rotatable bonds is 12. The average molecular weight is 479 g/mol. The first kappa shape index (κ1) is 26.1. The summed E-state index contributed by atoms with van der Waals surface area (Å²) in [5, 5.41) is 1.17. The Morgan fingerprint density at radius 3 is 2.37 bits per heavy atom. The van der Waals surface area contributed by atoms with Gasteiger partial charge in [-0.2, -0.15) is 0 Å². The number of aromatic amines is 1. The van der Waals surface area contributed by atoms with Gasteiger partial charge in [0, 0.05) is 50.8 Å². The van der Waals surface area contributed by atoms with E-state index in [-0.39, 0.29) is 18.5 Å². The monoisotopic (exact) mass is 478 g/mol. The highest BCUT2D eigenvalue weighted by molar-refractivity contribution is 5.85. The van der Waals surface area contributed by atoms with Crippen LogP contribution in [0, 0.1) is 0 Å². The van der Waals surface area contributed by atoms with Crippen molar-refractivity contribution < 1.29 is 14.3 Å². The minimum atomic E-state index is -0.135. The van der Waals surface area contributed by atoms with Gasteiger partial charge < -0.3 is 24.4 Å². The summed E-state index contributed by atoms with van der Waals surface area (Å²) in [7, 11) is 3.45. The zero-order valence-corrected chi connectivity index (χ0v) is 21.4. The van der Waals surface area contributed by atoms with Crippen LogP contribution in [0.1, 0.15) is 37.8 Å². The van der Waals surface area contributed by atoms with Crippen molar-refractivity contribution in [3.63, 3.8) is 0 Å². The lowest BCUT2D eigenvalue weighted by Gasteiger charge is -2.29. The molecule has 0 radical (unpaired) electrons. The Kier molecular flexibility index (Phi) is 9.58. The molecule has 7 heteroatoms. The summed E-state index contributed by atoms with van der Waals surface area (Å²) in [6.45, 7) is 6.33. The average Bonchev–Trinajstić information content (AvgIpc) is 3.28. The fraction of sp³-hybridized carbons (Fsp3) is 0.429. The molecule has 3 aromatic rings. The number of hydrogen-bond acceptors (Lipinski definition) is 3. The lowest BCUT2D eigenvalue weighted by molar-refractivity contribution is -0.132. The lowest BCUT2D eigenvalue weighted by atomic mass is 10.1. The van der Waals surface area contributed by atoms with E-state index in [2.05, 4.69) is 24.0 Å². The second-order valence-electron chi connectivity index (χ2n) is 8.95. The molecule has 188 valence electrons. The molecule has 0 bridgehead atoms. The summed E-state index contributed by atoms with van der Waals surface area (Å²) in [6.07, 6.45) is 4.57. The quantitative estimate of drug-likeness (QED) is 0.402. The molecule has 0 saturated heterocycles. The van der Waals surface area contributed by atoms with Gasteiger partial charge in [-0.1, -0.05) is 43.7 Å². The molecule has 3 rings (SSSR count). The van der Waals surface area contributed by atoms with Crippen LogP contribution in [0.15, 0.2) is 54.7 Å². The first-order valence-corrected chi connectivity index (χ1v) is 12.4. The van der Waals surface area contributed by atoms with Gasteiger partial charge in [0.2, 0.25) is 5.91 Å². The fourth-order valence-electron chi connectivity index (χ4n) is 4.10. The van der Waals surface area contributed by atoms with Crippen LogP contribution in [0.2, 0.25) is 0 Å². The summed E-state index contributed by atoms with van der Waals surface area (Å²) in [4.78, 5) is 34.6. The first-order chi connectivity index (χ1) is 16.9. The van der Waals surface area contributed by atoms with E-state index in [1.165, 1.54) is 15.8 Å². The number of carbonyl (C=O) groups excluding carboxylic acids is 2. The second-order valence-corrected chi connectivity index (χ2v) is 8.95. The van der Waals surface area contributed by atoms with E-state index in [1.807, 2.05) is 54.4 Å². The first-order valence-electron chi connectivity index (χ1n) is 12.4. The molecule has 0 aliphatic rings. The lowest BCUT2D eigenvalue weighted by Crippen LogP contribution is -2.47. The number of urea groups is 1. The van der Waals surface area contributed by atoms with E-state index in [9.17, 15) is 9.59 Å². The van der Waals surface area contributed by atoms with Crippen LogP contribution in [0.25, 0.3) is 10.9 Å². The highest BCUT2D eigenvalue weighted by Gasteiger charge is 2.22. The van der Waals surface area contributed by atoms with Crippen molar-refractivity contribution in [2.45, 2.75) is 39.7 Å². The maximum Gasteiger partial charge on any atom is 0.319 e. The Balaban J connectivity index is 1.78. The smallest absolute Gasteiger partial charge is 0.319 e. The van der Waals surface area contributed by atoms with Crippen LogP contribution in [-0.2, 0) is 17.8 Å². The molecule has 0 aliphatic heterocycles. The standard InChI is InChI=1S/C28H38N4O3/c1-5-7-17-32(28(34)30(3)4)21-27(33)31(20-22-12-14-24(15-13-22)35-6-2)18-16-23-19-29-26-11-9-8-10-25(23)26/h8-15,19,29H,5-7,16-18,20-21H2,1-4H3.